The van der Waals surface area contributed by atoms with Crippen LogP contribution in [0.2, 0.25) is 0 Å². The molecule has 0 unspecified atom stereocenters. The number of methoxy groups -OCH3 is 3. The Morgan fingerprint density at radius 2 is 1.45 bits per heavy atom. The van der Waals surface area contributed by atoms with Gasteiger partial charge < -0.3 is 29.0 Å². The van der Waals surface area contributed by atoms with Crippen molar-refractivity contribution in [2.45, 2.75) is 70.3 Å². The number of hydrogen-bond donors (Lipinski definition) is 1. The number of allylic oxidation sites excluding steroid dienone is 3. The second-order valence-electron chi connectivity index (χ2n) is 10.9. The quantitative estimate of drug-likeness (QED) is 0.323. The normalized spacial score (nSPS) is 20.5. The van der Waals surface area contributed by atoms with Crippen molar-refractivity contribution in [3.63, 3.8) is 0 Å². The molecule has 1 N–H and O–H groups in total. The number of nitrogens with one attached hydrogen (secondary N) is 1. The average molecular weight is 576 g/mol. The van der Waals surface area contributed by atoms with Crippen LogP contribution in [-0.2, 0) is 19.1 Å². The van der Waals surface area contributed by atoms with E-state index in [1.54, 1.807) is 32.4 Å². The van der Waals surface area contributed by atoms with Gasteiger partial charge in [0.05, 0.1) is 26.9 Å². The maximum absolute atomic E-state index is 14.0. The number of carbonyl (C=O) groups excluding carboxylic acids is 3. The van der Waals surface area contributed by atoms with Crippen LogP contribution in [0.25, 0.3) is 0 Å². The zero-order chi connectivity index (χ0) is 30.0. The third-order valence-corrected chi connectivity index (χ3v) is 8.28. The first-order chi connectivity index (χ1) is 20.2. The van der Waals surface area contributed by atoms with E-state index in [1.165, 1.54) is 14.0 Å². The maximum atomic E-state index is 14.0. The molecular weight excluding hydrogens is 538 g/mol. The molecular formula is C33H37NO8. The van der Waals surface area contributed by atoms with Crippen LogP contribution in [0.15, 0.2) is 58.9 Å². The Hall–Kier alpha value is -4.27. The van der Waals surface area contributed by atoms with Gasteiger partial charge in [0.2, 0.25) is 0 Å². The fourth-order valence-corrected chi connectivity index (χ4v) is 6.31. The number of esters is 2. The lowest BCUT2D eigenvalue weighted by Gasteiger charge is -2.37. The second-order valence-corrected chi connectivity index (χ2v) is 10.9. The van der Waals surface area contributed by atoms with Gasteiger partial charge in [-0.05, 0) is 80.3 Å². The minimum Gasteiger partial charge on any atom is -0.493 e. The van der Waals surface area contributed by atoms with Gasteiger partial charge in [-0.1, -0.05) is 12.1 Å². The molecule has 3 aliphatic rings. The molecule has 1 fully saturated rings. The summed E-state index contributed by atoms with van der Waals surface area (Å²) < 4.78 is 27.7. The Bertz CT molecular complexity index is 1470. The van der Waals surface area contributed by atoms with Crippen LogP contribution in [0.4, 0.5) is 0 Å². The van der Waals surface area contributed by atoms with Gasteiger partial charge in [-0.3, -0.25) is 9.59 Å². The molecule has 1 aliphatic heterocycles. The minimum atomic E-state index is -0.672. The highest BCUT2D eigenvalue weighted by Crippen LogP contribution is 2.48. The Morgan fingerprint density at radius 1 is 0.833 bits per heavy atom. The summed E-state index contributed by atoms with van der Waals surface area (Å²) in [5.74, 6) is 0.0789. The lowest BCUT2D eigenvalue weighted by molar-refractivity contribution is -0.144. The highest BCUT2D eigenvalue weighted by molar-refractivity contribution is 6.04. The third-order valence-electron chi connectivity index (χ3n) is 8.28. The van der Waals surface area contributed by atoms with Crippen molar-refractivity contribution >= 4 is 17.7 Å². The fourth-order valence-electron chi connectivity index (χ4n) is 6.31. The Labute approximate surface area is 245 Å². The van der Waals surface area contributed by atoms with E-state index in [2.05, 4.69) is 5.32 Å². The molecule has 9 nitrogen and oxygen atoms in total. The van der Waals surface area contributed by atoms with Crippen molar-refractivity contribution < 1.29 is 38.1 Å². The smallest absolute Gasteiger partial charge is 0.337 e. The van der Waals surface area contributed by atoms with Crippen LogP contribution in [0, 0.1) is 0 Å². The molecule has 5 rings (SSSR count). The molecule has 222 valence electrons. The number of rotatable bonds is 8. The highest BCUT2D eigenvalue weighted by atomic mass is 16.6. The first-order valence-electron chi connectivity index (χ1n) is 14.3. The molecule has 0 bridgehead atoms. The predicted molar refractivity (Wildman–Crippen MR) is 155 cm³/mol. The van der Waals surface area contributed by atoms with Crippen LogP contribution in [0.1, 0.15) is 75.3 Å². The standard InChI is InChI=1S/C33H37NO8/c1-18-30(33(37)42-23-8-6-7-9-23)31(21-11-13-27(41-19(2)35)29(17-21)40-5)32-24(34-18)14-22(15-25(32)36)20-10-12-26(38-3)28(16-20)39-4/h10-13,16-17,22-23,31,34H,6-9,14-15H2,1-5H3/t22-,31+/m0/s1. The average Bonchev–Trinajstić information content (AvgIpc) is 3.48. The van der Waals surface area contributed by atoms with Crippen molar-refractivity contribution in [3.05, 3.63) is 70.1 Å². The zero-order valence-corrected chi connectivity index (χ0v) is 24.7. The summed E-state index contributed by atoms with van der Waals surface area (Å²) in [6.45, 7) is 3.16. The number of Topliss-reactive ketones (excluding diaryl/α,β-unsaturated/α-hetero) is 1. The minimum absolute atomic E-state index is 0.0600. The molecule has 1 heterocycles. The maximum Gasteiger partial charge on any atom is 0.337 e. The molecule has 0 spiro atoms. The number of dihydropyridines is 1. The SMILES string of the molecule is COc1ccc([C@@H]2CC(=O)C3=C(C2)NC(C)=C(C(=O)OC2CCCC2)[C@H]3c2ccc(OC(C)=O)c(OC)c2)cc1OC. The number of carbonyl (C=O) groups is 3. The topological polar surface area (TPSA) is 109 Å². The van der Waals surface area contributed by atoms with E-state index in [0.717, 1.165) is 36.9 Å². The van der Waals surface area contributed by atoms with Crippen molar-refractivity contribution in [1.82, 2.24) is 5.32 Å². The largest absolute Gasteiger partial charge is 0.493 e. The van der Waals surface area contributed by atoms with E-state index in [0.29, 0.717) is 46.1 Å². The molecule has 1 saturated carbocycles. The van der Waals surface area contributed by atoms with Gasteiger partial charge in [-0.2, -0.15) is 0 Å². The van der Waals surface area contributed by atoms with Gasteiger partial charge in [-0.15, -0.1) is 0 Å². The lowest BCUT2D eigenvalue weighted by atomic mass is 9.71. The van der Waals surface area contributed by atoms with Gasteiger partial charge in [0.1, 0.15) is 6.10 Å². The van der Waals surface area contributed by atoms with Crippen LogP contribution in [-0.4, -0.2) is 45.2 Å². The van der Waals surface area contributed by atoms with Gasteiger partial charge in [0.25, 0.3) is 0 Å². The van der Waals surface area contributed by atoms with Gasteiger partial charge in [0, 0.05) is 36.2 Å². The van der Waals surface area contributed by atoms with Crippen LogP contribution < -0.4 is 24.3 Å². The Morgan fingerprint density at radius 3 is 2.12 bits per heavy atom. The number of ketones is 1. The summed E-state index contributed by atoms with van der Waals surface area (Å²) in [6.07, 6.45) is 4.42. The molecule has 42 heavy (non-hydrogen) atoms. The molecule has 0 aromatic heterocycles. The molecule has 0 amide bonds. The Kier molecular flexibility index (Phi) is 8.56. The van der Waals surface area contributed by atoms with E-state index in [1.807, 2.05) is 25.1 Å². The van der Waals surface area contributed by atoms with E-state index in [4.69, 9.17) is 23.7 Å². The second kappa shape index (κ2) is 12.3. The molecule has 0 radical (unpaired) electrons. The molecule has 2 aromatic carbocycles. The number of benzene rings is 2. The number of ether oxygens (including phenoxy) is 5. The molecule has 2 aromatic rings. The Balaban J connectivity index is 1.57. The highest BCUT2D eigenvalue weighted by Gasteiger charge is 2.42. The zero-order valence-electron chi connectivity index (χ0n) is 24.7. The summed E-state index contributed by atoms with van der Waals surface area (Å²) in [4.78, 5) is 39.4. The molecule has 9 heteroatoms. The van der Waals surface area contributed by atoms with E-state index in [-0.39, 0.29) is 30.0 Å². The fraction of sp³-hybridized carbons (Fsp3) is 0.424. The summed E-state index contributed by atoms with van der Waals surface area (Å²) in [5.41, 5.74) is 4.00. The summed E-state index contributed by atoms with van der Waals surface area (Å²) in [5, 5.41) is 3.40. The van der Waals surface area contributed by atoms with Crippen LogP contribution >= 0.6 is 0 Å². The van der Waals surface area contributed by atoms with E-state index < -0.39 is 17.9 Å². The predicted octanol–water partition coefficient (Wildman–Crippen LogP) is 5.49. The molecule has 2 aliphatic carbocycles. The van der Waals surface area contributed by atoms with Crippen LogP contribution in [0.5, 0.6) is 23.0 Å². The van der Waals surface area contributed by atoms with Gasteiger partial charge >= 0.3 is 11.9 Å². The first-order valence-corrected chi connectivity index (χ1v) is 14.3. The molecule has 2 atom stereocenters. The monoisotopic (exact) mass is 575 g/mol. The lowest BCUT2D eigenvalue weighted by Crippen LogP contribution is -2.36. The van der Waals surface area contributed by atoms with Crippen molar-refractivity contribution in [2.75, 3.05) is 21.3 Å². The first kappa shape index (κ1) is 29.2. The van der Waals surface area contributed by atoms with Gasteiger partial charge in [-0.25, -0.2) is 4.79 Å². The van der Waals surface area contributed by atoms with Crippen molar-refractivity contribution in [2.24, 2.45) is 0 Å². The third kappa shape index (κ3) is 5.73. The molecule has 0 saturated heterocycles. The van der Waals surface area contributed by atoms with Crippen molar-refractivity contribution in [3.8, 4) is 23.0 Å². The van der Waals surface area contributed by atoms with Gasteiger partial charge in [0.15, 0.2) is 28.8 Å². The number of hydrogen-bond acceptors (Lipinski definition) is 9. The van der Waals surface area contributed by atoms with E-state index >= 15 is 0 Å². The van der Waals surface area contributed by atoms with Crippen molar-refractivity contribution in [1.29, 1.82) is 0 Å². The van der Waals surface area contributed by atoms with Crippen LogP contribution in [0.3, 0.4) is 0 Å². The summed E-state index contributed by atoms with van der Waals surface area (Å²) in [7, 11) is 4.65. The summed E-state index contributed by atoms with van der Waals surface area (Å²) >= 11 is 0. The summed E-state index contributed by atoms with van der Waals surface area (Å²) in [6, 6.07) is 10.8. The van der Waals surface area contributed by atoms with E-state index in [9.17, 15) is 14.4 Å².